The minimum absolute atomic E-state index is 0. The summed E-state index contributed by atoms with van der Waals surface area (Å²) in [6.45, 7) is 23.3. The number of fused-ring (bicyclic) bond motifs is 4. The van der Waals surface area contributed by atoms with E-state index in [0.29, 0.717) is 45.7 Å². The SMILES string of the molecule is [2H]c1c([2H])c([2H])c(-c2cccc(-c3cc(C(C)(C)C)cc(C(C)(C)C)c3)c2-[n+]2[c-]n(-c3[c-]c(Oc4[c-]c5c(cc4)c4cc(CC(C)C)ccc4n5-c4cc(C([2H])([2H])C(C)(C)C)ccn4)ccc3)c3ccccc32)c([2H])c1[2H].[Pt]. The largest absolute Gasteiger partial charge is 0.510 e. The molecule has 3 heterocycles. The average molecular weight is 1120 g/mol. The smallest absolute Gasteiger partial charge is 0.268 e. The Kier molecular flexibility index (Phi) is 11.1. The van der Waals surface area contributed by atoms with Crippen LogP contribution in [0.4, 0.5) is 0 Å². The maximum atomic E-state index is 9.23. The normalized spacial score (nSPS) is 13.9. The van der Waals surface area contributed by atoms with Crippen LogP contribution in [0, 0.1) is 29.8 Å². The van der Waals surface area contributed by atoms with Crippen molar-refractivity contribution in [3.05, 3.63) is 198 Å². The van der Waals surface area contributed by atoms with Crippen molar-refractivity contribution in [1.82, 2.24) is 14.1 Å². The second kappa shape index (κ2) is 19.2. The fourth-order valence-corrected chi connectivity index (χ4v) is 9.32. The van der Waals surface area contributed by atoms with Gasteiger partial charge >= 0.3 is 0 Å². The predicted octanol–water partition coefficient (Wildman–Crippen LogP) is 16.3. The fraction of sp³-hybridized carbons (Fsp3) is 0.262. The van der Waals surface area contributed by atoms with Crippen molar-refractivity contribution in [2.24, 2.45) is 11.3 Å². The first-order valence-corrected chi connectivity index (χ1v) is 24.2. The van der Waals surface area contributed by atoms with E-state index in [1.165, 1.54) is 5.56 Å². The van der Waals surface area contributed by atoms with Crippen LogP contribution in [-0.2, 0) is 44.7 Å². The van der Waals surface area contributed by atoms with Crippen LogP contribution in [0.25, 0.3) is 72.3 Å². The number of para-hydroxylation sites is 3. The van der Waals surface area contributed by atoms with E-state index >= 15 is 0 Å². The molecule has 5 nitrogen and oxygen atoms in total. The minimum Gasteiger partial charge on any atom is -0.510 e. The molecular weight excluding hydrogens is 1050 g/mol. The summed E-state index contributed by atoms with van der Waals surface area (Å²) in [5.41, 5.74) is 9.64. The number of hydrogen-bond donors (Lipinski definition) is 0. The molecule has 0 spiro atoms. The molecule has 0 saturated carbocycles. The standard InChI is InChI=1S/C65H64N4O.Pt/c1-43(2)33-44-27-30-57-56(34-44)55-29-28-52(40-60(55)69(57)61-35-45(31-32-66-61)41-63(3,4)5)70-51-22-17-21-50(39-51)67-42-68(59-26-16-15-25-58(59)67)62-53(46-19-13-12-14-20-46)23-18-24-54(62)47-36-48(64(6,7)8)38-49(37-47)65(9,10)11;/h12-32,34-38,43H,33,41H2,1-11H3;/q-2;/i12D,13D,14D,19D,20D,41D2;. The van der Waals surface area contributed by atoms with E-state index in [1.807, 2.05) is 113 Å². The molecule has 7 aromatic carbocycles. The molecule has 6 heteroatoms. The van der Waals surface area contributed by atoms with Gasteiger partial charge in [0, 0.05) is 47.0 Å². The molecule has 0 radical (unpaired) electrons. The molecule has 3 aromatic heterocycles. The monoisotopic (exact) mass is 1120 g/mol. The molecule has 0 fully saturated rings. The first kappa shape index (κ1) is 41.1. The molecule has 0 unspecified atom stereocenters. The van der Waals surface area contributed by atoms with Gasteiger partial charge in [-0.05, 0) is 109 Å². The molecule has 0 aliphatic rings. The number of nitrogens with zero attached hydrogens (tertiary/aromatic N) is 4. The predicted molar refractivity (Wildman–Crippen MR) is 290 cm³/mol. The molecular formula is C65H64N4OPt-2. The summed E-state index contributed by atoms with van der Waals surface area (Å²) in [6, 6.07) is 45.3. The van der Waals surface area contributed by atoms with Crippen molar-refractivity contribution in [2.45, 2.75) is 99.8 Å². The first-order valence-electron chi connectivity index (χ1n) is 27.7. The Labute approximate surface area is 445 Å². The number of pyridine rings is 1. The van der Waals surface area contributed by atoms with Gasteiger partial charge in [-0.15, -0.1) is 29.7 Å². The van der Waals surface area contributed by atoms with Crippen LogP contribution < -0.4 is 9.30 Å². The van der Waals surface area contributed by atoms with Gasteiger partial charge in [0.1, 0.15) is 5.82 Å². The summed E-state index contributed by atoms with van der Waals surface area (Å²) in [7, 11) is 0. The van der Waals surface area contributed by atoms with Gasteiger partial charge in [-0.3, -0.25) is 4.57 Å². The van der Waals surface area contributed by atoms with Crippen molar-refractivity contribution in [3.8, 4) is 50.9 Å². The van der Waals surface area contributed by atoms with Crippen LogP contribution in [0.3, 0.4) is 0 Å². The quantitative estimate of drug-likeness (QED) is 0.101. The van der Waals surface area contributed by atoms with Gasteiger partial charge in [0.25, 0.3) is 6.33 Å². The Bertz CT molecular complexity index is 3910. The van der Waals surface area contributed by atoms with Crippen LogP contribution >= 0.6 is 0 Å². The number of hydrogen-bond acceptors (Lipinski definition) is 2. The number of ether oxygens (including phenoxy) is 1. The van der Waals surface area contributed by atoms with Crippen molar-refractivity contribution < 1.29 is 40.0 Å². The van der Waals surface area contributed by atoms with Crippen molar-refractivity contribution in [2.75, 3.05) is 0 Å². The molecule has 71 heavy (non-hydrogen) atoms. The van der Waals surface area contributed by atoms with E-state index in [4.69, 9.17) is 16.6 Å². The molecule has 0 aliphatic carbocycles. The Morgan fingerprint density at radius 2 is 1.35 bits per heavy atom. The van der Waals surface area contributed by atoms with Gasteiger partial charge < -0.3 is 13.9 Å². The van der Waals surface area contributed by atoms with Crippen molar-refractivity contribution in [3.63, 3.8) is 0 Å². The molecule has 10 aromatic rings. The summed E-state index contributed by atoms with van der Waals surface area (Å²) in [5, 5.41) is 2.00. The zero-order chi connectivity index (χ0) is 55.3. The van der Waals surface area contributed by atoms with Crippen molar-refractivity contribution in [1.29, 1.82) is 0 Å². The molecule has 0 aliphatic heterocycles. The Morgan fingerprint density at radius 3 is 2.06 bits per heavy atom. The topological polar surface area (TPSA) is 35.9 Å². The molecule has 362 valence electrons. The van der Waals surface area contributed by atoms with Gasteiger partial charge in [0.15, 0.2) is 0 Å². The summed E-state index contributed by atoms with van der Waals surface area (Å²) in [6.07, 6.45) is 4.61. The first-order chi connectivity index (χ1) is 36.2. The summed E-state index contributed by atoms with van der Waals surface area (Å²) in [5.74, 6) is 1.91. The Morgan fingerprint density at radius 1 is 0.662 bits per heavy atom. The molecule has 0 amide bonds. The molecule has 10 rings (SSSR count). The van der Waals surface area contributed by atoms with Crippen LogP contribution in [0.5, 0.6) is 11.5 Å². The van der Waals surface area contributed by atoms with Gasteiger partial charge in [0.2, 0.25) is 0 Å². The van der Waals surface area contributed by atoms with E-state index in [0.717, 1.165) is 61.5 Å². The van der Waals surface area contributed by atoms with Gasteiger partial charge in [0.05, 0.1) is 23.6 Å². The second-order valence-corrected chi connectivity index (χ2v) is 21.9. The van der Waals surface area contributed by atoms with Gasteiger partial charge in [-0.1, -0.05) is 185 Å². The third kappa shape index (κ3) is 10.2. The zero-order valence-corrected chi connectivity index (χ0v) is 44.7. The van der Waals surface area contributed by atoms with Crippen LogP contribution in [0.1, 0.15) is 108 Å². The third-order valence-corrected chi connectivity index (χ3v) is 12.6. The second-order valence-electron chi connectivity index (χ2n) is 21.9. The molecule has 0 atom stereocenters. The number of imidazole rings is 1. The van der Waals surface area contributed by atoms with E-state index in [2.05, 4.69) is 110 Å². The van der Waals surface area contributed by atoms with Crippen LogP contribution in [-0.4, -0.2) is 14.1 Å². The number of rotatable bonds is 10. The number of benzene rings is 7. The summed E-state index contributed by atoms with van der Waals surface area (Å²) in [4.78, 5) is 4.83. The third-order valence-electron chi connectivity index (χ3n) is 12.6. The summed E-state index contributed by atoms with van der Waals surface area (Å²) < 4.78 is 75.3. The van der Waals surface area contributed by atoms with Crippen LogP contribution in [0.2, 0.25) is 0 Å². The zero-order valence-electron chi connectivity index (χ0n) is 49.4. The van der Waals surface area contributed by atoms with Gasteiger partial charge in [-0.25, -0.2) is 4.98 Å². The van der Waals surface area contributed by atoms with Gasteiger partial charge in [-0.2, -0.15) is 18.2 Å². The average Bonchev–Trinajstić information content (AvgIpc) is 3.98. The Hall–Kier alpha value is -6.55. The molecule has 0 saturated heterocycles. The Balaban J connectivity index is 0.00000740. The maximum absolute atomic E-state index is 9.23. The minimum atomic E-state index is -1.64. The molecule has 0 bridgehead atoms. The number of aromatic nitrogens is 4. The van der Waals surface area contributed by atoms with E-state index in [-0.39, 0.29) is 49.5 Å². The summed E-state index contributed by atoms with van der Waals surface area (Å²) >= 11 is 0. The van der Waals surface area contributed by atoms with Crippen LogP contribution in [0.15, 0.2) is 158 Å². The fourth-order valence-electron chi connectivity index (χ4n) is 9.32. The van der Waals surface area contributed by atoms with E-state index in [1.54, 1.807) is 12.3 Å². The molecule has 0 N–H and O–H groups in total. The van der Waals surface area contributed by atoms with Crippen molar-refractivity contribution >= 4 is 32.8 Å². The maximum Gasteiger partial charge on any atom is 0.268 e. The van der Waals surface area contributed by atoms with E-state index in [9.17, 15) is 2.74 Å². The van der Waals surface area contributed by atoms with E-state index < -0.39 is 29.9 Å².